The average molecular weight is 448 g/mol. The van der Waals surface area contributed by atoms with Gasteiger partial charge in [0, 0.05) is 30.4 Å². The molecule has 0 radical (unpaired) electrons. The summed E-state index contributed by atoms with van der Waals surface area (Å²) in [4.78, 5) is 31.6. The average Bonchev–Trinajstić information content (AvgIpc) is 3.38. The quantitative estimate of drug-likeness (QED) is 0.485. The molecule has 2 aromatic heterocycles. The van der Waals surface area contributed by atoms with Gasteiger partial charge in [0.2, 0.25) is 16.0 Å². The van der Waals surface area contributed by atoms with E-state index in [1.165, 1.54) is 21.9 Å². The van der Waals surface area contributed by atoms with Gasteiger partial charge in [-0.2, -0.15) is 4.52 Å². The van der Waals surface area contributed by atoms with Crippen LogP contribution in [0.25, 0.3) is 4.96 Å². The minimum absolute atomic E-state index is 0.0314. The van der Waals surface area contributed by atoms with Gasteiger partial charge in [0.25, 0.3) is 5.56 Å². The van der Waals surface area contributed by atoms with E-state index in [2.05, 4.69) is 15.4 Å². The van der Waals surface area contributed by atoms with Crippen LogP contribution in [0.3, 0.4) is 0 Å². The lowest BCUT2D eigenvalue weighted by Gasteiger charge is -2.17. The van der Waals surface area contributed by atoms with Crippen LogP contribution in [-0.4, -0.2) is 33.1 Å². The predicted octanol–water partition coefficient (Wildman–Crippen LogP) is 3.72. The van der Waals surface area contributed by atoms with Crippen LogP contribution in [0.1, 0.15) is 19.0 Å². The third kappa shape index (κ3) is 4.06. The Balaban J connectivity index is 1.27. The number of anilines is 2. The summed E-state index contributed by atoms with van der Waals surface area (Å²) >= 11 is 1.31. The Labute approximate surface area is 188 Å². The molecule has 9 heteroatoms. The van der Waals surface area contributed by atoms with Crippen molar-refractivity contribution in [3.63, 3.8) is 0 Å². The molecule has 1 atom stereocenters. The lowest BCUT2D eigenvalue weighted by atomic mass is 10.2. The van der Waals surface area contributed by atoms with Crippen molar-refractivity contribution in [3.8, 4) is 11.5 Å². The number of carbonyl (C=O) groups excluding carboxylic acids is 1. The van der Waals surface area contributed by atoms with Crippen LogP contribution in [0.5, 0.6) is 11.5 Å². The van der Waals surface area contributed by atoms with Crippen LogP contribution >= 0.6 is 11.3 Å². The molecule has 1 unspecified atom stereocenters. The molecule has 4 aromatic rings. The number of fused-ring (bicyclic) bond motifs is 1. The summed E-state index contributed by atoms with van der Waals surface area (Å²) in [6.07, 6.45) is 1.04. The second kappa shape index (κ2) is 8.43. The Hall–Kier alpha value is -3.72. The van der Waals surface area contributed by atoms with Gasteiger partial charge < -0.3 is 15.0 Å². The van der Waals surface area contributed by atoms with Crippen molar-refractivity contribution in [1.82, 2.24) is 14.6 Å². The Bertz CT molecular complexity index is 1320. The maximum absolute atomic E-state index is 12.6. The first-order valence-corrected chi connectivity index (χ1v) is 11.2. The van der Waals surface area contributed by atoms with Gasteiger partial charge in [-0.15, -0.1) is 5.10 Å². The van der Waals surface area contributed by atoms with Crippen molar-refractivity contribution in [2.45, 2.75) is 25.8 Å². The largest absolute Gasteiger partial charge is 0.457 e. The summed E-state index contributed by atoms with van der Waals surface area (Å²) in [6.45, 7) is 2.47. The van der Waals surface area contributed by atoms with E-state index >= 15 is 0 Å². The molecular weight excluding hydrogens is 426 g/mol. The van der Waals surface area contributed by atoms with E-state index in [9.17, 15) is 9.59 Å². The van der Waals surface area contributed by atoms with Crippen LogP contribution in [-0.2, 0) is 11.2 Å². The van der Waals surface area contributed by atoms with Crippen LogP contribution in [0.4, 0.5) is 10.8 Å². The summed E-state index contributed by atoms with van der Waals surface area (Å²) in [5, 5.41) is 8.20. The highest BCUT2D eigenvalue weighted by molar-refractivity contribution is 7.20. The molecule has 0 aliphatic carbocycles. The molecule has 32 heavy (non-hydrogen) atoms. The molecule has 3 heterocycles. The molecule has 0 saturated carbocycles. The van der Waals surface area contributed by atoms with Gasteiger partial charge in [-0.3, -0.25) is 9.59 Å². The topological polar surface area (TPSA) is 88.8 Å². The van der Waals surface area contributed by atoms with Crippen molar-refractivity contribution in [2.75, 3.05) is 16.8 Å². The summed E-state index contributed by atoms with van der Waals surface area (Å²) in [5.74, 6) is 1.50. The number of para-hydroxylation sites is 1. The van der Waals surface area contributed by atoms with Gasteiger partial charge in [0.05, 0.1) is 6.04 Å². The third-order valence-electron chi connectivity index (χ3n) is 5.24. The first-order chi connectivity index (χ1) is 15.6. The van der Waals surface area contributed by atoms with Crippen molar-refractivity contribution >= 4 is 33.0 Å². The molecule has 0 spiro atoms. The highest BCUT2D eigenvalue weighted by Gasteiger charge is 2.31. The van der Waals surface area contributed by atoms with E-state index in [1.807, 2.05) is 61.5 Å². The fraction of sp³-hybridized carbons (Fsp3) is 0.217. The summed E-state index contributed by atoms with van der Waals surface area (Å²) < 4.78 is 7.12. The van der Waals surface area contributed by atoms with Gasteiger partial charge in [-0.05, 0) is 42.8 Å². The normalized spacial score (nSPS) is 16.0. The van der Waals surface area contributed by atoms with Crippen LogP contribution in [0.15, 0.2) is 65.5 Å². The van der Waals surface area contributed by atoms with Crippen molar-refractivity contribution in [1.29, 1.82) is 0 Å². The zero-order valence-corrected chi connectivity index (χ0v) is 18.2. The lowest BCUT2D eigenvalue weighted by molar-refractivity contribution is -0.117. The zero-order chi connectivity index (χ0) is 22.1. The van der Waals surface area contributed by atoms with E-state index in [1.54, 1.807) is 4.90 Å². The van der Waals surface area contributed by atoms with E-state index in [-0.39, 0.29) is 17.5 Å². The number of nitrogens with one attached hydrogen (secondary N) is 1. The van der Waals surface area contributed by atoms with Gasteiger partial charge >= 0.3 is 0 Å². The molecule has 5 rings (SSSR count). The highest BCUT2D eigenvalue weighted by atomic mass is 32.1. The minimum Gasteiger partial charge on any atom is -0.457 e. The molecule has 1 aliphatic heterocycles. The monoisotopic (exact) mass is 447 g/mol. The Morgan fingerprint density at radius 2 is 1.84 bits per heavy atom. The van der Waals surface area contributed by atoms with E-state index in [4.69, 9.17) is 4.74 Å². The summed E-state index contributed by atoms with van der Waals surface area (Å²) in [7, 11) is 0. The number of benzene rings is 2. The second-order valence-corrected chi connectivity index (χ2v) is 8.46. The third-order valence-corrected chi connectivity index (χ3v) is 6.08. The highest BCUT2D eigenvalue weighted by Crippen LogP contribution is 2.28. The number of aryl methyl sites for hydroxylation is 1. The molecular formula is C23H21N5O3S. The van der Waals surface area contributed by atoms with Gasteiger partial charge in [-0.25, -0.2) is 4.98 Å². The Morgan fingerprint density at radius 1 is 1.09 bits per heavy atom. The summed E-state index contributed by atoms with van der Waals surface area (Å²) in [6, 6.07) is 18.4. The van der Waals surface area contributed by atoms with Crippen LogP contribution in [0.2, 0.25) is 0 Å². The van der Waals surface area contributed by atoms with Crippen molar-refractivity contribution < 1.29 is 9.53 Å². The number of rotatable bonds is 6. The SMILES string of the molecule is CCc1cc(=O)n2nc(NC3CC(=O)N(c4ccc(Oc5ccccc5)cc4)C3)sc2n1. The van der Waals surface area contributed by atoms with E-state index < -0.39 is 0 Å². The number of hydrogen-bond donors (Lipinski definition) is 1. The van der Waals surface area contributed by atoms with Crippen molar-refractivity contribution in [3.05, 3.63) is 76.7 Å². The molecule has 162 valence electrons. The molecule has 8 nitrogen and oxygen atoms in total. The summed E-state index contributed by atoms with van der Waals surface area (Å²) in [5.41, 5.74) is 1.36. The van der Waals surface area contributed by atoms with Gasteiger partial charge in [0.1, 0.15) is 11.5 Å². The van der Waals surface area contributed by atoms with E-state index in [0.717, 1.165) is 17.1 Å². The number of aromatic nitrogens is 3. The van der Waals surface area contributed by atoms with Crippen LogP contribution < -0.4 is 20.5 Å². The molecule has 1 fully saturated rings. The number of amides is 1. The fourth-order valence-corrected chi connectivity index (χ4v) is 4.54. The number of ether oxygens (including phenoxy) is 1. The molecule has 0 bridgehead atoms. The lowest BCUT2D eigenvalue weighted by Crippen LogP contribution is -2.27. The fourth-order valence-electron chi connectivity index (χ4n) is 3.64. The standard InChI is InChI=1S/C23H21N5O3S/c1-2-15-12-21(30)28-23(25-15)32-22(26-28)24-16-13-20(29)27(14-16)17-8-10-19(11-9-17)31-18-6-4-3-5-7-18/h3-12,16H,2,13-14H2,1H3,(H,24,26). The van der Waals surface area contributed by atoms with Gasteiger partial charge in [-0.1, -0.05) is 36.5 Å². The molecule has 2 aromatic carbocycles. The number of carbonyl (C=O) groups is 1. The Morgan fingerprint density at radius 3 is 2.59 bits per heavy atom. The smallest absolute Gasteiger partial charge is 0.275 e. The van der Waals surface area contributed by atoms with E-state index in [0.29, 0.717) is 35.2 Å². The molecule has 1 amide bonds. The molecule has 1 N–H and O–H groups in total. The minimum atomic E-state index is -0.196. The molecule has 1 saturated heterocycles. The second-order valence-electron chi connectivity index (χ2n) is 7.50. The molecule has 1 aliphatic rings. The maximum atomic E-state index is 12.6. The first-order valence-electron chi connectivity index (χ1n) is 10.4. The predicted molar refractivity (Wildman–Crippen MR) is 124 cm³/mol. The Kier molecular flexibility index (Phi) is 5.32. The zero-order valence-electron chi connectivity index (χ0n) is 17.4. The first kappa shape index (κ1) is 20.2. The number of nitrogens with zero attached hydrogens (tertiary/aromatic N) is 4. The van der Waals surface area contributed by atoms with Crippen LogP contribution in [0, 0.1) is 0 Å². The van der Waals surface area contributed by atoms with Crippen molar-refractivity contribution in [2.24, 2.45) is 0 Å². The number of hydrogen-bond acceptors (Lipinski definition) is 7. The van der Waals surface area contributed by atoms with Gasteiger partial charge in [0.15, 0.2) is 0 Å². The maximum Gasteiger partial charge on any atom is 0.275 e.